The number of carbonyl (C=O) groups is 1. The Balaban J connectivity index is 1.61. The van der Waals surface area contributed by atoms with Crippen LogP contribution in [0.25, 0.3) is 11.4 Å². The van der Waals surface area contributed by atoms with Crippen molar-refractivity contribution in [1.29, 1.82) is 0 Å². The predicted octanol–water partition coefficient (Wildman–Crippen LogP) is 3.87. The van der Waals surface area contributed by atoms with Crippen LogP contribution in [-0.2, 0) is 6.42 Å². The van der Waals surface area contributed by atoms with Gasteiger partial charge in [0, 0.05) is 18.1 Å². The maximum absolute atomic E-state index is 12.8. The Morgan fingerprint density at radius 1 is 1.00 bits per heavy atom. The summed E-state index contributed by atoms with van der Waals surface area (Å²) in [5, 5.41) is 11.6. The number of benzene rings is 2. The smallest absolute Gasteiger partial charge is 0.259 e. The molecule has 1 amide bonds. The Morgan fingerprint density at radius 2 is 1.81 bits per heavy atom. The maximum atomic E-state index is 12.8. The highest BCUT2D eigenvalue weighted by Gasteiger charge is 2.17. The zero-order valence-electron chi connectivity index (χ0n) is 14.9. The van der Waals surface area contributed by atoms with Gasteiger partial charge in [0.1, 0.15) is 0 Å². The second-order valence-corrected chi connectivity index (χ2v) is 6.06. The van der Waals surface area contributed by atoms with Crippen LogP contribution in [0.3, 0.4) is 0 Å². The average Bonchev–Trinajstić information content (AvgIpc) is 3.38. The lowest BCUT2D eigenvalue weighted by atomic mass is 10.1. The standard InChI is InChI=1S/C21H19N5O/c1-2-20-19(15-23-26(20)17-9-4-3-5-10-17)21(27)24-16-8-6-11-18(14-16)25-13-7-12-22-25/h3-15H,2H2,1H3,(H,24,27). The molecule has 4 aromatic rings. The molecule has 134 valence electrons. The van der Waals surface area contributed by atoms with Gasteiger partial charge in [0.25, 0.3) is 5.91 Å². The molecule has 6 nitrogen and oxygen atoms in total. The molecule has 0 spiro atoms. The molecule has 0 saturated carbocycles. The average molecular weight is 357 g/mol. The van der Waals surface area contributed by atoms with Gasteiger partial charge in [0.15, 0.2) is 0 Å². The van der Waals surface area contributed by atoms with Gasteiger partial charge in [-0.3, -0.25) is 4.79 Å². The van der Waals surface area contributed by atoms with E-state index in [0.717, 1.165) is 17.1 Å². The summed E-state index contributed by atoms with van der Waals surface area (Å²) in [6.07, 6.45) is 5.90. The van der Waals surface area contributed by atoms with E-state index in [1.54, 1.807) is 17.1 Å². The van der Waals surface area contributed by atoms with E-state index in [9.17, 15) is 4.79 Å². The van der Waals surface area contributed by atoms with Crippen LogP contribution in [0.2, 0.25) is 0 Å². The predicted molar refractivity (Wildman–Crippen MR) is 104 cm³/mol. The molecule has 0 bridgehead atoms. The van der Waals surface area contributed by atoms with Crippen LogP contribution < -0.4 is 5.32 Å². The second-order valence-electron chi connectivity index (χ2n) is 6.06. The van der Waals surface area contributed by atoms with Crippen molar-refractivity contribution in [3.05, 3.63) is 90.5 Å². The van der Waals surface area contributed by atoms with Crippen LogP contribution in [0.15, 0.2) is 79.3 Å². The van der Waals surface area contributed by atoms with Gasteiger partial charge in [0.2, 0.25) is 0 Å². The summed E-state index contributed by atoms with van der Waals surface area (Å²) in [6, 6.07) is 19.2. The molecule has 2 heterocycles. The fourth-order valence-electron chi connectivity index (χ4n) is 3.04. The van der Waals surface area contributed by atoms with Crippen LogP contribution >= 0.6 is 0 Å². The van der Waals surface area contributed by atoms with E-state index in [0.29, 0.717) is 17.7 Å². The van der Waals surface area contributed by atoms with Crippen LogP contribution in [0.1, 0.15) is 23.0 Å². The van der Waals surface area contributed by atoms with E-state index < -0.39 is 0 Å². The molecule has 0 unspecified atom stereocenters. The number of hydrogen-bond acceptors (Lipinski definition) is 3. The fourth-order valence-corrected chi connectivity index (χ4v) is 3.04. The van der Waals surface area contributed by atoms with Gasteiger partial charge in [-0.25, -0.2) is 9.36 Å². The van der Waals surface area contributed by atoms with E-state index in [1.165, 1.54) is 0 Å². The summed E-state index contributed by atoms with van der Waals surface area (Å²) in [4.78, 5) is 12.8. The van der Waals surface area contributed by atoms with Crippen molar-refractivity contribution in [1.82, 2.24) is 19.6 Å². The van der Waals surface area contributed by atoms with Gasteiger partial charge >= 0.3 is 0 Å². The molecule has 27 heavy (non-hydrogen) atoms. The van der Waals surface area contributed by atoms with Crippen molar-refractivity contribution in [3.8, 4) is 11.4 Å². The summed E-state index contributed by atoms with van der Waals surface area (Å²) in [7, 11) is 0. The van der Waals surface area contributed by atoms with Crippen molar-refractivity contribution in [2.24, 2.45) is 0 Å². The van der Waals surface area contributed by atoms with Gasteiger partial charge in [-0.05, 0) is 42.8 Å². The lowest BCUT2D eigenvalue weighted by molar-refractivity contribution is 0.102. The molecule has 2 aromatic carbocycles. The Kier molecular flexibility index (Phi) is 4.53. The zero-order valence-corrected chi connectivity index (χ0v) is 14.9. The van der Waals surface area contributed by atoms with Gasteiger partial charge < -0.3 is 5.32 Å². The van der Waals surface area contributed by atoms with Crippen molar-refractivity contribution in [2.75, 3.05) is 5.32 Å². The number of carbonyl (C=O) groups excluding carboxylic acids is 1. The molecule has 6 heteroatoms. The van der Waals surface area contributed by atoms with E-state index in [-0.39, 0.29) is 5.91 Å². The van der Waals surface area contributed by atoms with Gasteiger partial charge in [-0.1, -0.05) is 31.2 Å². The van der Waals surface area contributed by atoms with E-state index in [1.807, 2.05) is 78.5 Å². The minimum Gasteiger partial charge on any atom is -0.322 e. The quantitative estimate of drug-likeness (QED) is 0.590. The molecule has 2 aromatic heterocycles. The zero-order chi connectivity index (χ0) is 18.6. The molecule has 0 radical (unpaired) electrons. The number of para-hydroxylation sites is 1. The van der Waals surface area contributed by atoms with Crippen molar-refractivity contribution >= 4 is 11.6 Å². The number of amides is 1. The first-order chi connectivity index (χ1) is 13.3. The van der Waals surface area contributed by atoms with Crippen molar-refractivity contribution < 1.29 is 4.79 Å². The molecule has 0 fully saturated rings. The number of nitrogens with zero attached hydrogens (tertiary/aromatic N) is 4. The minimum atomic E-state index is -0.174. The number of nitrogens with one attached hydrogen (secondary N) is 1. The third kappa shape index (κ3) is 3.37. The Labute approximate surface area is 157 Å². The first-order valence-corrected chi connectivity index (χ1v) is 8.80. The van der Waals surface area contributed by atoms with Crippen LogP contribution in [-0.4, -0.2) is 25.5 Å². The normalized spacial score (nSPS) is 10.7. The molecular formula is C21H19N5O. The lowest BCUT2D eigenvalue weighted by Gasteiger charge is -2.09. The number of rotatable bonds is 5. The van der Waals surface area contributed by atoms with E-state index in [2.05, 4.69) is 15.5 Å². The van der Waals surface area contributed by atoms with Gasteiger partial charge in [0.05, 0.1) is 28.8 Å². The molecule has 0 saturated heterocycles. The Morgan fingerprint density at radius 3 is 2.56 bits per heavy atom. The molecule has 0 aliphatic carbocycles. The molecular weight excluding hydrogens is 338 g/mol. The van der Waals surface area contributed by atoms with Gasteiger partial charge in [-0.15, -0.1) is 0 Å². The summed E-state index contributed by atoms with van der Waals surface area (Å²) in [6.45, 7) is 2.02. The van der Waals surface area contributed by atoms with E-state index >= 15 is 0 Å². The highest BCUT2D eigenvalue weighted by molar-refractivity contribution is 6.05. The monoisotopic (exact) mass is 357 g/mol. The topological polar surface area (TPSA) is 64.7 Å². The minimum absolute atomic E-state index is 0.174. The number of hydrogen-bond donors (Lipinski definition) is 1. The summed E-state index contributed by atoms with van der Waals surface area (Å²) < 4.78 is 3.57. The largest absolute Gasteiger partial charge is 0.322 e. The Hall–Kier alpha value is -3.67. The first kappa shape index (κ1) is 16.8. The highest BCUT2D eigenvalue weighted by Crippen LogP contribution is 2.19. The molecule has 1 N–H and O–H groups in total. The van der Waals surface area contributed by atoms with Gasteiger partial charge in [-0.2, -0.15) is 10.2 Å². The second kappa shape index (κ2) is 7.29. The SMILES string of the molecule is CCc1c(C(=O)Nc2cccc(-n3cccn3)c2)cnn1-c1ccccc1. The third-order valence-electron chi connectivity index (χ3n) is 4.32. The summed E-state index contributed by atoms with van der Waals surface area (Å²) in [5.74, 6) is -0.174. The number of anilines is 1. The first-order valence-electron chi connectivity index (χ1n) is 8.80. The highest BCUT2D eigenvalue weighted by atomic mass is 16.1. The van der Waals surface area contributed by atoms with Crippen LogP contribution in [0.5, 0.6) is 0 Å². The molecule has 4 rings (SSSR count). The number of aromatic nitrogens is 4. The summed E-state index contributed by atoms with van der Waals surface area (Å²) >= 11 is 0. The van der Waals surface area contributed by atoms with Crippen molar-refractivity contribution in [2.45, 2.75) is 13.3 Å². The maximum Gasteiger partial charge on any atom is 0.259 e. The molecule has 0 atom stereocenters. The van der Waals surface area contributed by atoms with E-state index in [4.69, 9.17) is 0 Å². The third-order valence-corrected chi connectivity index (χ3v) is 4.32. The molecule has 0 aliphatic heterocycles. The van der Waals surface area contributed by atoms with Crippen LogP contribution in [0.4, 0.5) is 5.69 Å². The van der Waals surface area contributed by atoms with Crippen LogP contribution in [0, 0.1) is 0 Å². The van der Waals surface area contributed by atoms with Crippen molar-refractivity contribution in [3.63, 3.8) is 0 Å². The fraction of sp³-hybridized carbons (Fsp3) is 0.0952. The lowest BCUT2D eigenvalue weighted by Crippen LogP contribution is -2.14. The molecule has 0 aliphatic rings. The summed E-state index contributed by atoms with van der Waals surface area (Å²) in [5.41, 5.74) is 3.98. The Bertz CT molecular complexity index is 1050.